The number of anilines is 1. The number of aromatic nitrogens is 4. The number of rotatable bonds is 8. The van der Waals surface area contributed by atoms with E-state index in [1.54, 1.807) is 10.9 Å². The Labute approximate surface area is 171 Å². The second-order valence-electron chi connectivity index (χ2n) is 6.82. The second kappa shape index (κ2) is 9.17. The first-order valence-electron chi connectivity index (χ1n) is 9.13. The smallest absolute Gasteiger partial charge is 0.254 e. The summed E-state index contributed by atoms with van der Waals surface area (Å²) in [6, 6.07) is 2.85. The summed E-state index contributed by atoms with van der Waals surface area (Å²) in [5.74, 6) is -1.07. The van der Waals surface area contributed by atoms with E-state index in [0.717, 1.165) is 29.9 Å². The van der Waals surface area contributed by atoms with Gasteiger partial charge in [0, 0.05) is 19.2 Å². The SMILES string of the molecule is CSc1nc(NCC(C)C)c2cnn(CCNC(=O)c3ccc(F)cc3F)c2n1. The standard InChI is InChI=1S/C19H22F2N6OS/c1-11(2)9-23-16-14-10-24-27(17(14)26-19(25-16)29-3)7-6-22-18(28)13-5-4-12(20)8-15(13)21/h4-5,8,10-11H,6-7,9H2,1-3H3,(H,22,28)(H,23,25,26). The van der Waals surface area contributed by atoms with Crippen LogP contribution < -0.4 is 10.6 Å². The van der Waals surface area contributed by atoms with Gasteiger partial charge in [-0.1, -0.05) is 25.6 Å². The minimum atomic E-state index is -0.898. The van der Waals surface area contributed by atoms with Crippen LogP contribution in [-0.2, 0) is 6.54 Å². The highest BCUT2D eigenvalue weighted by atomic mass is 32.2. The van der Waals surface area contributed by atoms with E-state index in [0.29, 0.717) is 29.3 Å². The molecule has 29 heavy (non-hydrogen) atoms. The van der Waals surface area contributed by atoms with Gasteiger partial charge in [-0.15, -0.1) is 0 Å². The van der Waals surface area contributed by atoms with Crippen LogP contribution in [0, 0.1) is 17.6 Å². The predicted octanol–water partition coefficient (Wildman–Crippen LogP) is 3.32. The van der Waals surface area contributed by atoms with E-state index < -0.39 is 17.5 Å². The molecule has 2 aromatic heterocycles. The molecule has 154 valence electrons. The summed E-state index contributed by atoms with van der Waals surface area (Å²) >= 11 is 1.43. The van der Waals surface area contributed by atoms with Crippen molar-refractivity contribution in [2.45, 2.75) is 25.5 Å². The Morgan fingerprint density at radius 3 is 2.76 bits per heavy atom. The van der Waals surface area contributed by atoms with E-state index in [4.69, 9.17) is 0 Å². The molecule has 0 atom stereocenters. The molecule has 10 heteroatoms. The molecule has 0 bridgehead atoms. The number of benzene rings is 1. The Morgan fingerprint density at radius 2 is 2.07 bits per heavy atom. The van der Waals surface area contributed by atoms with Gasteiger partial charge in [-0.05, 0) is 24.3 Å². The first kappa shape index (κ1) is 21.0. The Kier molecular flexibility index (Phi) is 6.63. The van der Waals surface area contributed by atoms with Gasteiger partial charge in [0.15, 0.2) is 10.8 Å². The summed E-state index contributed by atoms with van der Waals surface area (Å²) < 4.78 is 28.4. The summed E-state index contributed by atoms with van der Waals surface area (Å²) in [6.07, 6.45) is 3.58. The van der Waals surface area contributed by atoms with Crippen LogP contribution in [0.25, 0.3) is 11.0 Å². The lowest BCUT2D eigenvalue weighted by Gasteiger charge is -2.11. The molecule has 2 N–H and O–H groups in total. The highest BCUT2D eigenvalue weighted by molar-refractivity contribution is 7.98. The number of carbonyl (C=O) groups is 1. The topological polar surface area (TPSA) is 84.7 Å². The van der Waals surface area contributed by atoms with Crippen LogP contribution in [0.2, 0.25) is 0 Å². The lowest BCUT2D eigenvalue weighted by Crippen LogP contribution is -2.28. The van der Waals surface area contributed by atoms with Crippen molar-refractivity contribution in [3.63, 3.8) is 0 Å². The fraction of sp³-hybridized carbons (Fsp3) is 0.368. The molecule has 0 spiro atoms. The fourth-order valence-corrected chi connectivity index (χ4v) is 3.03. The quantitative estimate of drug-likeness (QED) is 0.430. The third kappa shape index (κ3) is 5.00. The fourth-order valence-electron chi connectivity index (χ4n) is 2.67. The maximum atomic E-state index is 13.7. The summed E-state index contributed by atoms with van der Waals surface area (Å²) in [7, 11) is 0. The Bertz CT molecular complexity index is 1020. The van der Waals surface area contributed by atoms with Crippen molar-refractivity contribution in [1.29, 1.82) is 0 Å². The van der Waals surface area contributed by atoms with Crippen LogP contribution in [0.4, 0.5) is 14.6 Å². The molecule has 2 heterocycles. The van der Waals surface area contributed by atoms with Crippen molar-refractivity contribution >= 4 is 34.5 Å². The number of nitrogens with zero attached hydrogens (tertiary/aromatic N) is 4. The molecule has 0 saturated heterocycles. The van der Waals surface area contributed by atoms with Crippen molar-refractivity contribution in [1.82, 2.24) is 25.1 Å². The molecule has 7 nitrogen and oxygen atoms in total. The molecule has 0 saturated carbocycles. The number of carbonyl (C=O) groups excluding carboxylic acids is 1. The van der Waals surface area contributed by atoms with Crippen LogP contribution in [0.5, 0.6) is 0 Å². The van der Waals surface area contributed by atoms with Crippen molar-refractivity contribution in [3.8, 4) is 0 Å². The molecule has 0 aliphatic carbocycles. The predicted molar refractivity (Wildman–Crippen MR) is 109 cm³/mol. The molecular weight excluding hydrogens is 398 g/mol. The van der Waals surface area contributed by atoms with E-state index in [1.165, 1.54) is 11.8 Å². The average Bonchev–Trinajstić information content (AvgIpc) is 3.08. The van der Waals surface area contributed by atoms with E-state index in [1.807, 2.05) is 6.26 Å². The summed E-state index contributed by atoms with van der Waals surface area (Å²) in [5.41, 5.74) is 0.446. The zero-order chi connectivity index (χ0) is 21.0. The molecule has 1 aromatic carbocycles. The molecule has 3 rings (SSSR count). The third-order valence-electron chi connectivity index (χ3n) is 4.12. The van der Waals surface area contributed by atoms with Gasteiger partial charge in [-0.3, -0.25) is 4.79 Å². The molecule has 1 amide bonds. The highest BCUT2D eigenvalue weighted by Gasteiger charge is 2.15. The lowest BCUT2D eigenvalue weighted by molar-refractivity contribution is 0.0948. The van der Waals surface area contributed by atoms with Crippen LogP contribution in [-0.4, -0.2) is 45.0 Å². The van der Waals surface area contributed by atoms with Crippen LogP contribution in [0.15, 0.2) is 29.6 Å². The number of thioether (sulfide) groups is 1. The Balaban J connectivity index is 1.73. The van der Waals surface area contributed by atoms with Gasteiger partial charge in [-0.2, -0.15) is 5.10 Å². The van der Waals surface area contributed by atoms with Crippen molar-refractivity contribution in [2.24, 2.45) is 5.92 Å². The number of hydrogen-bond acceptors (Lipinski definition) is 6. The largest absolute Gasteiger partial charge is 0.369 e. The van der Waals surface area contributed by atoms with Gasteiger partial charge in [0.05, 0.1) is 23.7 Å². The highest BCUT2D eigenvalue weighted by Crippen LogP contribution is 2.23. The normalized spacial score (nSPS) is 11.2. The number of fused-ring (bicyclic) bond motifs is 1. The number of halogens is 2. The Morgan fingerprint density at radius 1 is 1.28 bits per heavy atom. The zero-order valence-electron chi connectivity index (χ0n) is 16.4. The maximum absolute atomic E-state index is 13.7. The monoisotopic (exact) mass is 420 g/mol. The van der Waals surface area contributed by atoms with E-state index in [-0.39, 0.29) is 12.1 Å². The first-order valence-corrected chi connectivity index (χ1v) is 10.4. The minimum Gasteiger partial charge on any atom is -0.369 e. The van der Waals surface area contributed by atoms with Gasteiger partial charge >= 0.3 is 0 Å². The molecule has 0 aliphatic heterocycles. The van der Waals surface area contributed by atoms with Gasteiger partial charge in [-0.25, -0.2) is 23.4 Å². The van der Waals surface area contributed by atoms with Gasteiger partial charge in [0.25, 0.3) is 5.91 Å². The molecule has 3 aromatic rings. The van der Waals surface area contributed by atoms with E-state index in [2.05, 4.69) is 39.5 Å². The minimum absolute atomic E-state index is 0.205. The van der Waals surface area contributed by atoms with Crippen LogP contribution in [0.3, 0.4) is 0 Å². The molecule has 0 fully saturated rings. The van der Waals surface area contributed by atoms with Gasteiger partial charge < -0.3 is 10.6 Å². The third-order valence-corrected chi connectivity index (χ3v) is 4.67. The molecule has 0 unspecified atom stereocenters. The Hall–Kier alpha value is -2.75. The van der Waals surface area contributed by atoms with Crippen molar-refractivity contribution in [3.05, 3.63) is 41.6 Å². The maximum Gasteiger partial charge on any atom is 0.254 e. The van der Waals surface area contributed by atoms with E-state index >= 15 is 0 Å². The number of nitrogens with one attached hydrogen (secondary N) is 2. The number of hydrogen-bond donors (Lipinski definition) is 2. The summed E-state index contributed by atoms with van der Waals surface area (Å²) in [4.78, 5) is 21.2. The second-order valence-corrected chi connectivity index (χ2v) is 7.59. The van der Waals surface area contributed by atoms with Gasteiger partial charge in [0.2, 0.25) is 0 Å². The molecule has 0 radical (unpaired) electrons. The lowest BCUT2D eigenvalue weighted by atomic mass is 10.2. The molecule has 0 aliphatic rings. The zero-order valence-corrected chi connectivity index (χ0v) is 17.2. The molecular formula is C19H22F2N6OS. The number of amides is 1. The average molecular weight is 420 g/mol. The van der Waals surface area contributed by atoms with Crippen LogP contribution >= 0.6 is 11.8 Å². The van der Waals surface area contributed by atoms with Crippen LogP contribution in [0.1, 0.15) is 24.2 Å². The van der Waals surface area contributed by atoms with Crippen molar-refractivity contribution < 1.29 is 13.6 Å². The van der Waals surface area contributed by atoms with E-state index in [9.17, 15) is 13.6 Å². The van der Waals surface area contributed by atoms with Gasteiger partial charge in [0.1, 0.15) is 17.5 Å². The summed E-state index contributed by atoms with van der Waals surface area (Å²) in [5, 5.41) is 11.7. The first-order chi connectivity index (χ1) is 13.9. The van der Waals surface area contributed by atoms with Crippen molar-refractivity contribution in [2.75, 3.05) is 24.7 Å². The summed E-state index contributed by atoms with van der Waals surface area (Å²) in [6.45, 7) is 5.53.